The highest BCUT2D eigenvalue weighted by molar-refractivity contribution is 7.09. The van der Waals surface area contributed by atoms with Crippen molar-refractivity contribution in [1.82, 2.24) is 15.4 Å². The molecule has 21 heavy (non-hydrogen) atoms. The zero-order valence-electron chi connectivity index (χ0n) is 11.5. The maximum absolute atomic E-state index is 12.0. The number of thiophene rings is 1. The summed E-state index contributed by atoms with van der Waals surface area (Å²) in [6.07, 6.45) is 0. The van der Waals surface area contributed by atoms with Crippen LogP contribution in [0.1, 0.15) is 21.1 Å². The zero-order valence-corrected chi connectivity index (χ0v) is 12.4. The number of hydrogen-bond acceptors (Lipinski definition) is 5. The molecule has 7 heteroatoms. The lowest BCUT2D eigenvalue weighted by Gasteiger charge is -2.37. The highest BCUT2D eigenvalue weighted by atomic mass is 32.1. The molecule has 0 aromatic carbocycles. The lowest BCUT2D eigenvalue weighted by atomic mass is 9.98. The van der Waals surface area contributed by atoms with E-state index in [2.05, 4.69) is 10.5 Å². The lowest BCUT2D eigenvalue weighted by Crippen LogP contribution is -2.55. The van der Waals surface area contributed by atoms with Crippen LogP contribution in [-0.2, 0) is 11.3 Å². The lowest BCUT2D eigenvalue weighted by molar-refractivity contribution is -0.129. The Balaban J connectivity index is 1.46. The van der Waals surface area contributed by atoms with Crippen molar-refractivity contribution >= 4 is 23.2 Å². The Morgan fingerprint density at radius 1 is 1.52 bits per heavy atom. The number of aryl methyl sites for hydroxylation is 1. The normalized spacial score (nSPS) is 14.8. The van der Waals surface area contributed by atoms with Crippen LogP contribution >= 0.6 is 11.3 Å². The number of hydrogen-bond donors (Lipinski definition) is 1. The van der Waals surface area contributed by atoms with E-state index in [1.165, 1.54) is 0 Å². The standard InChI is InChI=1S/C14H15N3O3S/c1-9-5-12(16-20-9)14(19)17-7-10(8-17)13(18)15-6-11-3-2-4-21-11/h2-5,10H,6-8H2,1H3,(H,15,18). The smallest absolute Gasteiger partial charge is 0.276 e. The molecule has 1 fully saturated rings. The number of nitrogens with one attached hydrogen (secondary N) is 1. The van der Waals surface area contributed by atoms with Gasteiger partial charge < -0.3 is 14.7 Å². The van der Waals surface area contributed by atoms with E-state index in [1.54, 1.807) is 29.2 Å². The topological polar surface area (TPSA) is 75.4 Å². The van der Waals surface area contributed by atoms with E-state index < -0.39 is 0 Å². The van der Waals surface area contributed by atoms with Gasteiger partial charge in [0.2, 0.25) is 5.91 Å². The first-order valence-corrected chi connectivity index (χ1v) is 7.54. The van der Waals surface area contributed by atoms with Crippen molar-refractivity contribution < 1.29 is 14.1 Å². The predicted octanol–water partition coefficient (Wildman–Crippen LogP) is 1.43. The van der Waals surface area contributed by atoms with Crippen LogP contribution in [0.15, 0.2) is 28.1 Å². The molecule has 1 saturated heterocycles. The average molecular weight is 305 g/mol. The van der Waals surface area contributed by atoms with Crippen molar-refractivity contribution in [2.45, 2.75) is 13.5 Å². The number of carbonyl (C=O) groups is 2. The summed E-state index contributed by atoms with van der Waals surface area (Å²) in [4.78, 5) is 26.7. The maximum atomic E-state index is 12.0. The Kier molecular flexibility index (Phi) is 3.74. The maximum Gasteiger partial charge on any atom is 0.276 e. The third-order valence-corrected chi connectivity index (χ3v) is 4.28. The van der Waals surface area contributed by atoms with E-state index in [1.807, 2.05) is 17.5 Å². The van der Waals surface area contributed by atoms with Crippen molar-refractivity contribution in [3.8, 4) is 0 Å². The summed E-state index contributed by atoms with van der Waals surface area (Å²) < 4.78 is 4.88. The van der Waals surface area contributed by atoms with Gasteiger partial charge in [-0.2, -0.15) is 0 Å². The molecular weight excluding hydrogens is 290 g/mol. The Hall–Kier alpha value is -2.15. The fourth-order valence-corrected chi connectivity index (χ4v) is 2.82. The molecule has 1 N–H and O–H groups in total. The van der Waals surface area contributed by atoms with Crippen molar-refractivity contribution in [1.29, 1.82) is 0 Å². The Morgan fingerprint density at radius 3 is 2.95 bits per heavy atom. The van der Waals surface area contributed by atoms with Gasteiger partial charge in [-0.1, -0.05) is 11.2 Å². The fourth-order valence-electron chi connectivity index (χ4n) is 2.17. The molecule has 3 rings (SSSR count). The molecule has 3 heterocycles. The second kappa shape index (κ2) is 5.69. The average Bonchev–Trinajstić information content (AvgIpc) is 3.05. The quantitative estimate of drug-likeness (QED) is 0.927. The summed E-state index contributed by atoms with van der Waals surface area (Å²) in [5, 5.41) is 8.56. The number of carbonyl (C=O) groups excluding carboxylic acids is 2. The summed E-state index contributed by atoms with van der Waals surface area (Å²) in [5.41, 5.74) is 0.296. The van der Waals surface area contributed by atoms with Crippen LogP contribution in [0.25, 0.3) is 0 Å². The van der Waals surface area contributed by atoms with E-state index in [0.717, 1.165) is 4.88 Å². The van der Waals surface area contributed by atoms with E-state index in [4.69, 9.17) is 4.52 Å². The summed E-state index contributed by atoms with van der Waals surface area (Å²) in [6, 6.07) is 5.54. The van der Waals surface area contributed by atoms with Crippen LogP contribution in [0, 0.1) is 12.8 Å². The van der Waals surface area contributed by atoms with E-state index in [0.29, 0.717) is 31.1 Å². The number of rotatable bonds is 4. The first-order valence-electron chi connectivity index (χ1n) is 6.66. The molecule has 1 aliphatic rings. The van der Waals surface area contributed by atoms with E-state index in [-0.39, 0.29) is 17.7 Å². The fraction of sp³-hybridized carbons (Fsp3) is 0.357. The highest BCUT2D eigenvalue weighted by Gasteiger charge is 2.36. The van der Waals surface area contributed by atoms with Crippen molar-refractivity contribution in [2.75, 3.05) is 13.1 Å². The third-order valence-electron chi connectivity index (χ3n) is 3.40. The molecule has 0 atom stereocenters. The first-order chi connectivity index (χ1) is 10.1. The molecule has 0 radical (unpaired) electrons. The van der Waals surface area contributed by atoms with Crippen LogP contribution in [0.4, 0.5) is 0 Å². The molecule has 2 amide bonds. The molecule has 0 aliphatic carbocycles. The Bertz CT molecular complexity index is 644. The van der Waals surface area contributed by atoms with Crippen LogP contribution in [0.5, 0.6) is 0 Å². The van der Waals surface area contributed by atoms with Gasteiger partial charge in [-0.15, -0.1) is 11.3 Å². The van der Waals surface area contributed by atoms with Gasteiger partial charge in [-0.3, -0.25) is 9.59 Å². The molecule has 2 aromatic rings. The minimum atomic E-state index is -0.186. The minimum absolute atomic E-state index is 0.0104. The van der Waals surface area contributed by atoms with Gasteiger partial charge in [-0.05, 0) is 18.4 Å². The summed E-state index contributed by atoms with van der Waals surface area (Å²) >= 11 is 1.61. The number of likely N-dealkylation sites (tertiary alicyclic amines) is 1. The molecule has 0 saturated carbocycles. The van der Waals surface area contributed by atoms with Gasteiger partial charge in [0, 0.05) is 24.0 Å². The van der Waals surface area contributed by atoms with Crippen LogP contribution in [0.3, 0.4) is 0 Å². The van der Waals surface area contributed by atoms with Crippen LogP contribution in [-0.4, -0.2) is 35.0 Å². The van der Waals surface area contributed by atoms with Gasteiger partial charge in [0.25, 0.3) is 5.91 Å². The number of nitrogens with zero attached hydrogens (tertiary/aromatic N) is 2. The van der Waals surface area contributed by atoms with Crippen molar-refractivity contribution in [2.24, 2.45) is 5.92 Å². The molecule has 6 nitrogen and oxygen atoms in total. The van der Waals surface area contributed by atoms with Gasteiger partial charge >= 0.3 is 0 Å². The van der Waals surface area contributed by atoms with Gasteiger partial charge in [0.05, 0.1) is 12.5 Å². The zero-order chi connectivity index (χ0) is 14.8. The molecular formula is C14H15N3O3S. The van der Waals surface area contributed by atoms with Gasteiger partial charge in [0.1, 0.15) is 5.76 Å². The first kappa shape index (κ1) is 13.8. The van der Waals surface area contributed by atoms with Gasteiger partial charge in [-0.25, -0.2) is 0 Å². The highest BCUT2D eigenvalue weighted by Crippen LogP contribution is 2.19. The molecule has 1 aliphatic heterocycles. The summed E-state index contributed by atoms with van der Waals surface area (Å²) in [6.45, 7) is 3.15. The molecule has 2 aromatic heterocycles. The third kappa shape index (κ3) is 2.97. The monoisotopic (exact) mass is 305 g/mol. The molecule has 0 unspecified atom stereocenters. The predicted molar refractivity (Wildman–Crippen MR) is 76.8 cm³/mol. The van der Waals surface area contributed by atoms with E-state index >= 15 is 0 Å². The van der Waals surface area contributed by atoms with Crippen molar-refractivity contribution in [3.05, 3.63) is 39.9 Å². The second-order valence-electron chi connectivity index (χ2n) is 5.03. The molecule has 0 spiro atoms. The Labute approximate surface area is 125 Å². The SMILES string of the molecule is Cc1cc(C(=O)N2CC(C(=O)NCc3cccs3)C2)no1. The Morgan fingerprint density at radius 2 is 2.33 bits per heavy atom. The molecule has 110 valence electrons. The minimum Gasteiger partial charge on any atom is -0.361 e. The second-order valence-corrected chi connectivity index (χ2v) is 6.06. The largest absolute Gasteiger partial charge is 0.361 e. The number of amides is 2. The number of aromatic nitrogens is 1. The summed E-state index contributed by atoms with van der Waals surface area (Å²) in [7, 11) is 0. The van der Waals surface area contributed by atoms with Crippen molar-refractivity contribution in [3.63, 3.8) is 0 Å². The van der Waals surface area contributed by atoms with Crippen LogP contribution < -0.4 is 5.32 Å². The van der Waals surface area contributed by atoms with E-state index in [9.17, 15) is 9.59 Å². The van der Waals surface area contributed by atoms with Gasteiger partial charge in [0.15, 0.2) is 5.69 Å². The van der Waals surface area contributed by atoms with Crippen LogP contribution in [0.2, 0.25) is 0 Å². The molecule has 0 bridgehead atoms. The summed E-state index contributed by atoms with van der Waals surface area (Å²) in [5.74, 6) is 0.268.